The molecule has 1 unspecified atom stereocenters. The van der Waals surface area contributed by atoms with Gasteiger partial charge in [-0.2, -0.15) is 0 Å². The van der Waals surface area contributed by atoms with E-state index in [-0.39, 0.29) is 24.5 Å². The fourth-order valence-corrected chi connectivity index (χ4v) is 3.51. The summed E-state index contributed by atoms with van der Waals surface area (Å²) in [4.78, 5) is 38.0. The van der Waals surface area contributed by atoms with Gasteiger partial charge in [-0.3, -0.25) is 14.4 Å². The Kier molecular flexibility index (Phi) is 6.54. The van der Waals surface area contributed by atoms with Gasteiger partial charge in [-0.15, -0.1) is 0 Å². The lowest BCUT2D eigenvalue weighted by Crippen LogP contribution is -2.32. The standard InChI is InChI=1S/C22H20ClNO6/c1-13(25)30-17-8-6-14(7-9-17)19-18(20(26)15-4-3-5-16(23)12-15)21(27)22(28)24(19)10-11-29-2/h3-9,12,19,26H,10-11H2,1-2H3/b20-18-. The van der Waals surface area contributed by atoms with E-state index >= 15 is 0 Å². The minimum atomic E-state index is -0.828. The summed E-state index contributed by atoms with van der Waals surface area (Å²) in [5, 5.41) is 11.3. The predicted octanol–water partition coefficient (Wildman–Crippen LogP) is 3.33. The Labute approximate surface area is 178 Å². The van der Waals surface area contributed by atoms with Crippen LogP contribution < -0.4 is 4.74 Å². The molecule has 0 aromatic heterocycles. The third-order valence-electron chi connectivity index (χ3n) is 4.63. The van der Waals surface area contributed by atoms with Crippen LogP contribution in [0.25, 0.3) is 5.76 Å². The lowest BCUT2D eigenvalue weighted by Gasteiger charge is -2.25. The second-order valence-electron chi connectivity index (χ2n) is 6.66. The maximum absolute atomic E-state index is 12.8. The minimum Gasteiger partial charge on any atom is -0.507 e. The number of nitrogens with zero attached hydrogens (tertiary/aromatic N) is 1. The Hall–Kier alpha value is -3.16. The SMILES string of the molecule is COCCN1C(=O)C(=O)/C(=C(\O)c2cccc(Cl)c2)C1c1ccc(OC(C)=O)cc1. The summed E-state index contributed by atoms with van der Waals surface area (Å²) in [5.41, 5.74) is 0.858. The van der Waals surface area contributed by atoms with E-state index < -0.39 is 23.7 Å². The highest BCUT2D eigenvalue weighted by atomic mass is 35.5. The molecule has 0 saturated carbocycles. The molecule has 8 heteroatoms. The van der Waals surface area contributed by atoms with E-state index in [1.807, 2.05) is 0 Å². The predicted molar refractivity (Wildman–Crippen MR) is 110 cm³/mol. The van der Waals surface area contributed by atoms with Crippen molar-refractivity contribution in [1.29, 1.82) is 0 Å². The van der Waals surface area contributed by atoms with Crippen LogP contribution in [0.3, 0.4) is 0 Å². The molecule has 1 atom stereocenters. The van der Waals surface area contributed by atoms with Gasteiger partial charge in [-0.1, -0.05) is 35.9 Å². The van der Waals surface area contributed by atoms with Crippen molar-refractivity contribution in [3.8, 4) is 5.75 Å². The molecular weight excluding hydrogens is 410 g/mol. The number of carbonyl (C=O) groups is 3. The maximum Gasteiger partial charge on any atom is 0.308 e. The first-order valence-electron chi connectivity index (χ1n) is 9.15. The molecule has 0 radical (unpaired) electrons. The van der Waals surface area contributed by atoms with E-state index in [0.29, 0.717) is 21.9 Å². The van der Waals surface area contributed by atoms with Crippen LogP contribution in [-0.2, 0) is 19.1 Å². The molecule has 1 N–H and O–H groups in total. The van der Waals surface area contributed by atoms with E-state index in [4.69, 9.17) is 21.1 Å². The van der Waals surface area contributed by atoms with Gasteiger partial charge in [-0.05, 0) is 29.8 Å². The van der Waals surface area contributed by atoms with E-state index in [2.05, 4.69) is 0 Å². The molecule has 1 amide bonds. The van der Waals surface area contributed by atoms with Gasteiger partial charge in [0, 0.05) is 31.2 Å². The Balaban J connectivity index is 2.11. The molecule has 0 aliphatic carbocycles. The third-order valence-corrected chi connectivity index (χ3v) is 4.87. The lowest BCUT2D eigenvalue weighted by atomic mass is 9.95. The summed E-state index contributed by atoms with van der Waals surface area (Å²) in [7, 11) is 1.49. The number of esters is 1. The average molecular weight is 430 g/mol. The van der Waals surface area contributed by atoms with Crippen LogP contribution >= 0.6 is 11.6 Å². The number of hydrogen-bond acceptors (Lipinski definition) is 6. The van der Waals surface area contributed by atoms with Crippen LogP contribution in [0.2, 0.25) is 5.02 Å². The molecule has 156 valence electrons. The molecule has 7 nitrogen and oxygen atoms in total. The Morgan fingerprint density at radius 2 is 1.87 bits per heavy atom. The van der Waals surface area contributed by atoms with Gasteiger partial charge < -0.3 is 19.5 Å². The van der Waals surface area contributed by atoms with Crippen molar-refractivity contribution in [1.82, 2.24) is 4.90 Å². The summed E-state index contributed by atoms with van der Waals surface area (Å²) in [6.07, 6.45) is 0. The maximum atomic E-state index is 12.8. The number of carbonyl (C=O) groups excluding carboxylic acids is 3. The number of ether oxygens (including phenoxy) is 2. The summed E-state index contributed by atoms with van der Waals surface area (Å²) < 4.78 is 10.1. The smallest absolute Gasteiger partial charge is 0.308 e. The number of rotatable bonds is 6. The molecule has 0 bridgehead atoms. The van der Waals surface area contributed by atoms with Crippen LogP contribution in [0.1, 0.15) is 24.1 Å². The lowest BCUT2D eigenvalue weighted by molar-refractivity contribution is -0.140. The minimum absolute atomic E-state index is 0.0430. The van der Waals surface area contributed by atoms with E-state index in [1.54, 1.807) is 42.5 Å². The number of Topliss-reactive ketones (excluding diaryl/α,β-unsaturated/α-hetero) is 1. The van der Waals surface area contributed by atoms with Gasteiger partial charge in [0.05, 0.1) is 18.2 Å². The molecule has 3 rings (SSSR count). The highest BCUT2D eigenvalue weighted by Gasteiger charge is 2.45. The first-order valence-corrected chi connectivity index (χ1v) is 9.53. The summed E-state index contributed by atoms with van der Waals surface area (Å²) >= 11 is 6.02. The topological polar surface area (TPSA) is 93.1 Å². The number of hydrogen-bond donors (Lipinski definition) is 1. The fraction of sp³-hybridized carbons (Fsp3) is 0.227. The third kappa shape index (κ3) is 4.37. The quantitative estimate of drug-likeness (QED) is 0.249. The zero-order valence-corrected chi connectivity index (χ0v) is 17.2. The van der Waals surface area contributed by atoms with Gasteiger partial charge in [0.25, 0.3) is 11.7 Å². The number of amides is 1. The van der Waals surface area contributed by atoms with E-state index in [9.17, 15) is 19.5 Å². The highest BCUT2D eigenvalue weighted by Crippen LogP contribution is 2.39. The fourth-order valence-electron chi connectivity index (χ4n) is 3.32. The molecule has 1 aliphatic rings. The molecule has 1 aliphatic heterocycles. The van der Waals surface area contributed by atoms with Crippen molar-refractivity contribution in [3.05, 3.63) is 70.3 Å². The van der Waals surface area contributed by atoms with Crippen LogP contribution in [0, 0.1) is 0 Å². The number of likely N-dealkylation sites (tertiary alicyclic amines) is 1. The molecule has 1 saturated heterocycles. The monoisotopic (exact) mass is 429 g/mol. The summed E-state index contributed by atoms with van der Waals surface area (Å²) in [5.74, 6) is -1.98. The second kappa shape index (κ2) is 9.11. The molecular formula is C22H20ClNO6. The highest BCUT2D eigenvalue weighted by molar-refractivity contribution is 6.46. The Morgan fingerprint density at radius 1 is 1.17 bits per heavy atom. The van der Waals surface area contributed by atoms with Crippen molar-refractivity contribution in [2.45, 2.75) is 13.0 Å². The number of aliphatic hydroxyl groups is 1. The number of ketones is 1. The number of aliphatic hydroxyl groups excluding tert-OH is 1. The van der Waals surface area contributed by atoms with E-state index in [1.165, 1.54) is 25.0 Å². The number of halogens is 1. The average Bonchev–Trinajstić information content (AvgIpc) is 2.96. The van der Waals surface area contributed by atoms with Crippen LogP contribution in [0.4, 0.5) is 0 Å². The first kappa shape index (κ1) is 21.5. The molecule has 2 aromatic rings. The molecule has 0 spiro atoms. The van der Waals surface area contributed by atoms with Gasteiger partial charge in [0.15, 0.2) is 0 Å². The Morgan fingerprint density at radius 3 is 2.47 bits per heavy atom. The van der Waals surface area contributed by atoms with Crippen molar-refractivity contribution >= 4 is 35.0 Å². The first-order chi connectivity index (χ1) is 14.3. The summed E-state index contributed by atoms with van der Waals surface area (Å²) in [6.45, 7) is 1.66. The van der Waals surface area contributed by atoms with Crippen molar-refractivity contribution in [2.75, 3.05) is 20.3 Å². The van der Waals surface area contributed by atoms with E-state index in [0.717, 1.165) is 0 Å². The van der Waals surface area contributed by atoms with Crippen LogP contribution in [0.5, 0.6) is 5.75 Å². The van der Waals surface area contributed by atoms with Gasteiger partial charge in [0.2, 0.25) is 0 Å². The summed E-state index contributed by atoms with van der Waals surface area (Å²) in [6, 6.07) is 12.0. The normalized spacial score (nSPS) is 18.0. The van der Waals surface area contributed by atoms with Gasteiger partial charge in [0.1, 0.15) is 11.5 Å². The van der Waals surface area contributed by atoms with Crippen molar-refractivity contribution in [3.63, 3.8) is 0 Å². The number of methoxy groups -OCH3 is 1. The second-order valence-corrected chi connectivity index (χ2v) is 7.09. The van der Waals surface area contributed by atoms with Crippen LogP contribution in [-0.4, -0.2) is 47.9 Å². The number of benzene rings is 2. The van der Waals surface area contributed by atoms with Gasteiger partial charge in [-0.25, -0.2) is 0 Å². The molecule has 1 fully saturated rings. The molecule has 2 aromatic carbocycles. The zero-order chi connectivity index (χ0) is 21.8. The zero-order valence-electron chi connectivity index (χ0n) is 16.4. The van der Waals surface area contributed by atoms with Crippen molar-refractivity contribution < 1.29 is 29.0 Å². The van der Waals surface area contributed by atoms with Crippen LogP contribution in [0.15, 0.2) is 54.1 Å². The van der Waals surface area contributed by atoms with Gasteiger partial charge >= 0.3 is 5.97 Å². The largest absolute Gasteiger partial charge is 0.507 e. The Bertz CT molecular complexity index is 1010. The molecule has 30 heavy (non-hydrogen) atoms. The van der Waals surface area contributed by atoms with Crippen molar-refractivity contribution in [2.24, 2.45) is 0 Å². The molecule has 1 heterocycles.